The number of hydrogen-bond donors (Lipinski definition) is 1. The van der Waals surface area contributed by atoms with Crippen LogP contribution >= 0.6 is 0 Å². The predicted octanol–water partition coefficient (Wildman–Crippen LogP) is 0.910. The van der Waals surface area contributed by atoms with Gasteiger partial charge in [-0.05, 0) is 36.4 Å². The summed E-state index contributed by atoms with van der Waals surface area (Å²) in [6, 6.07) is 12.9. The number of morpholine rings is 1. The quantitative estimate of drug-likeness (QED) is 0.692. The van der Waals surface area contributed by atoms with Gasteiger partial charge < -0.3 is 15.0 Å². The number of para-hydroxylation sites is 2. The van der Waals surface area contributed by atoms with Crippen molar-refractivity contribution in [1.29, 1.82) is 0 Å². The lowest BCUT2D eigenvalue weighted by Gasteiger charge is -2.31. The lowest BCUT2D eigenvalue weighted by molar-refractivity contribution is -0.121. The Labute approximate surface area is 191 Å². The number of amides is 3. The molecule has 0 bridgehead atoms. The zero-order chi connectivity index (χ0) is 23.6. The van der Waals surface area contributed by atoms with Crippen LogP contribution in [0.25, 0.3) is 0 Å². The number of carbonyl (C=O) groups excluding carboxylic acids is 3. The molecule has 0 aliphatic carbocycles. The maximum atomic E-state index is 13.1. The third-order valence-electron chi connectivity index (χ3n) is 5.45. The van der Waals surface area contributed by atoms with E-state index in [1.165, 1.54) is 17.0 Å². The molecule has 0 radical (unpaired) electrons. The molecule has 2 heterocycles. The van der Waals surface area contributed by atoms with Gasteiger partial charge in [-0.3, -0.25) is 23.6 Å². The van der Waals surface area contributed by atoms with Gasteiger partial charge in [-0.2, -0.15) is 0 Å². The first-order chi connectivity index (χ1) is 15.7. The number of anilines is 3. The maximum Gasteiger partial charge on any atom is 0.254 e. The van der Waals surface area contributed by atoms with Gasteiger partial charge in [0, 0.05) is 18.7 Å². The van der Waals surface area contributed by atoms with E-state index in [0.29, 0.717) is 43.2 Å². The predicted molar refractivity (Wildman–Crippen MR) is 123 cm³/mol. The molecular weight excluding hydrogens is 448 g/mol. The molecule has 1 fully saturated rings. The fourth-order valence-electron chi connectivity index (χ4n) is 3.78. The summed E-state index contributed by atoms with van der Waals surface area (Å²) in [4.78, 5) is 40.7. The van der Waals surface area contributed by atoms with Crippen LogP contribution in [0, 0.1) is 0 Å². The number of nitrogens with one attached hydrogen (secondary N) is 1. The third-order valence-corrected chi connectivity index (χ3v) is 6.59. The van der Waals surface area contributed by atoms with E-state index < -0.39 is 22.5 Å². The normalized spacial score (nSPS) is 16.1. The van der Waals surface area contributed by atoms with Gasteiger partial charge in [0.05, 0.1) is 36.5 Å². The molecule has 11 heteroatoms. The molecule has 0 saturated carbocycles. The fraction of sp³-hybridized carbons (Fsp3) is 0.318. The zero-order valence-corrected chi connectivity index (χ0v) is 18.9. The Morgan fingerprint density at radius 2 is 1.73 bits per heavy atom. The Morgan fingerprint density at radius 3 is 2.39 bits per heavy atom. The van der Waals surface area contributed by atoms with Crippen LogP contribution in [0.4, 0.5) is 17.1 Å². The van der Waals surface area contributed by atoms with Gasteiger partial charge in [-0.25, -0.2) is 8.42 Å². The van der Waals surface area contributed by atoms with Gasteiger partial charge in [0.1, 0.15) is 13.1 Å². The van der Waals surface area contributed by atoms with E-state index in [9.17, 15) is 22.8 Å². The third kappa shape index (κ3) is 4.99. The van der Waals surface area contributed by atoms with Crippen LogP contribution in [-0.2, 0) is 24.3 Å². The molecule has 0 spiro atoms. The van der Waals surface area contributed by atoms with Crippen LogP contribution in [0.5, 0.6) is 0 Å². The number of hydrogen-bond acceptors (Lipinski definition) is 6. The first kappa shape index (κ1) is 22.7. The van der Waals surface area contributed by atoms with Gasteiger partial charge in [0.15, 0.2) is 0 Å². The minimum atomic E-state index is -3.82. The second-order valence-corrected chi connectivity index (χ2v) is 9.67. The summed E-state index contributed by atoms with van der Waals surface area (Å²) in [5.74, 6) is -1.07. The van der Waals surface area contributed by atoms with E-state index in [0.717, 1.165) is 10.6 Å². The van der Waals surface area contributed by atoms with Crippen molar-refractivity contribution >= 4 is 44.8 Å². The molecule has 0 aromatic heterocycles. The van der Waals surface area contributed by atoms with E-state index in [2.05, 4.69) is 5.32 Å². The molecule has 0 unspecified atom stereocenters. The smallest absolute Gasteiger partial charge is 0.254 e. The van der Waals surface area contributed by atoms with Crippen LogP contribution in [-0.4, -0.2) is 76.7 Å². The number of sulfonamides is 1. The number of rotatable bonds is 5. The Bertz CT molecular complexity index is 1180. The summed E-state index contributed by atoms with van der Waals surface area (Å²) in [6.45, 7) is 1.25. The second kappa shape index (κ2) is 9.20. The average molecular weight is 473 g/mol. The van der Waals surface area contributed by atoms with Gasteiger partial charge in [0.2, 0.25) is 21.8 Å². The lowest BCUT2D eigenvalue weighted by atomic mass is 10.1. The van der Waals surface area contributed by atoms with E-state index in [4.69, 9.17) is 4.74 Å². The molecule has 2 aliphatic rings. The van der Waals surface area contributed by atoms with Gasteiger partial charge in [-0.1, -0.05) is 12.1 Å². The number of carbonyl (C=O) groups is 3. The van der Waals surface area contributed by atoms with Crippen molar-refractivity contribution in [2.24, 2.45) is 0 Å². The number of nitrogens with zero attached hydrogens (tertiary/aromatic N) is 3. The zero-order valence-electron chi connectivity index (χ0n) is 18.1. The highest BCUT2D eigenvalue weighted by molar-refractivity contribution is 7.92. The highest BCUT2D eigenvalue weighted by atomic mass is 32.2. The second-order valence-electron chi connectivity index (χ2n) is 7.77. The highest BCUT2D eigenvalue weighted by Crippen LogP contribution is 2.29. The monoisotopic (exact) mass is 472 g/mol. The van der Waals surface area contributed by atoms with Crippen molar-refractivity contribution in [2.45, 2.75) is 0 Å². The van der Waals surface area contributed by atoms with E-state index >= 15 is 0 Å². The molecule has 4 rings (SSSR count). The molecule has 0 atom stereocenters. The number of fused-ring (bicyclic) bond motifs is 1. The SMILES string of the molecule is CS(=O)(=O)N(CC(=O)N1CC(=O)Nc2ccccc21)c1ccc(C(=O)N2CCOCC2)cc1. The Balaban J connectivity index is 1.55. The van der Waals surface area contributed by atoms with Crippen molar-refractivity contribution in [3.8, 4) is 0 Å². The Kier molecular flexibility index (Phi) is 6.34. The minimum Gasteiger partial charge on any atom is -0.378 e. The van der Waals surface area contributed by atoms with Crippen molar-refractivity contribution in [1.82, 2.24) is 4.90 Å². The first-order valence-corrected chi connectivity index (χ1v) is 12.2. The van der Waals surface area contributed by atoms with Crippen molar-refractivity contribution < 1.29 is 27.5 Å². The summed E-state index contributed by atoms with van der Waals surface area (Å²) in [7, 11) is -3.82. The molecule has 33 heavy (non-hydrogen) atoms. The molecule has 1 N–H and O–H groups in total. The van der Waals surface area contributed by atoms with E-state index in [-0.39, 0.29) is 24.0 Å². The van der Waals surface area contributed by atoms with Gasteiger partial charge in [-0.15, -0.1) is 0 Å². The number of ether oxygens (including phenoxy) is 1. The van der Waals surface area contributed by atoms with Gasteiger partial charge >= 0.3 is 0 Å². The topological polar surface area (TPSA) is 116 Å². The summed E-state index contributed by atoms with van der Waals surface area (Å²) in [6.07, 6.45) is 1.00. The molecule has 10 nitrogen and oxygen atoms in total. The fourth-order valence-corrected chi connectivity index (χ4v) is 4.63. The largest absolute Gasteiger partial charge is 0.378 e. The average Bonchev–Trinajstić information content (AvgIpc) is 2.81. The van der Waals surface area contributed by atoms with Crippen LogP contribution in [0.15, 0.2) is 48.5 Å². The summed E-state index contributed by atoms with van der Waals surface area (Å²) >= 11 is 0. The Morgan fingerprint density at radius 1 is 1.06 bits per heavy atom. The summed E-state index contributed by atoms with van der Waals surface area (Å²) in [5.41, 5.74) is 1.65. The van der Waals surface area contributed by atoms with Crippen LogP contribution in [0.3, 0.4) is 0 Å². The number of benzene rings is 2. The van der Waals surface area contributed by atoms with Gasteiger partial charge in [0.25, 0.3) is 5.91 Å². The standard InChI is InChI=1S/C22H24N4O6S/c1-33(30,31)26(15-21(28)25-14-20(27)23-18-4-2-3-5-19(18)25)17-8-6-16(7-9-17)22(29)24-10-12-32-13-11-24/h2-9H,10-15H2,1H3,(H,23,27). The van der Waals surface area contributed by atoms with Crippen LogP contribution < -0.4 is 14.5 Å². The van der Waals surface area contributed by atoms with Crippen molar-refractivity contribution in [3.05, 3.63) is 54.1 Å². The van der Waals surface area contributed by atoms with E-state index in [1.54, 1.807) is 41.3 Å². The van der Waals surface area contributed by atoms with Crippen molar-refractivity contribution in [3.63, 3.8) is 0 Å². The molecule has 2 aliphatic heterocycles. The maximum absolute atomic E-state index is 13.1. The molecule has 2 aromatic rings. The molecule has 174 valence electrons. The van der Waals surface area contributed by atoms with Crippen LogP contribution in [0.2, 0.25) is 0 Å². The molecule has 2 aromatic carbocycles. The van der Waals surface area contributed by atoms with Crippen molar-refractivity contribution in [2.75, 3.05) is 60.2 Å². The Hall–Kier alpha value is -3.44. The molecule has 3 amide bonds. The first-order valence-electron chi connectivity index (χ1n) is 10.4. The molecular formula is C22H24N4O6S. The summed E-state index contributed by atoms with van der Waals surface area (Å²) in [5, 5.41) is 2.70. The van der Waals surface area contributed by atoms with Crippen LogP contribution in [0.1, 0.15) is 10.4 Å². The highest BCUT2D eigenvalue weighted by Gasteiger charge is 2.30. The summed E-state index contributed by atoms with van der Waals surface area (Å²) < 4.78 is 31.3. The molecule has 1 saturated heterocycles. The lowest BCUT2D eigenvalue weighted by Crippen LogP contribution is -2.47. The van der Waals surface area contributed by atoms with E-state index in [1.807, 2.05) is 0 Å². The minimum absolute atomic E-state index is 0.164.